The van der Waals surface area contributed by atoms with E-state index in [4.69, 9.17) is 14.2 Å². The number of methoxy groups -OCH3 is 2. The third-order valence-electron chi connectivity index (χ3n) is 4.41. The number of benzene rings is 2. The van der Waals surface area contributed by atoms with Crippen LogP contribution in [0, 0.1) is 0 Å². The van der Waals surface area contributed by atoms with Crippen LogP contribution in [0.3, 0.4) is 0 Å². The van der Waals surface area contributed by atoms with Crippen LogP contribution in [0.2, 0.25) is 0 Å². The Kier molecular flexibility index (Phi) is 6.68. The Balaban J connectivity index is 1.83. The molecule has 0 saturated carbocycles. The molecule has 0 saturated heterocycles. The van der Waals surface area contributed by atoms with Crippen molar-refractivity contribution in [3.8, 4) is 11.5 Å². The fourth-order valence-corrected chi connectivity index (χ4v) is 2.98. The number of hydrogen-bond acceptors (Lipinski definition) is 5. The highest BCUT2D eigenvalue weighted by Crippen LogP contribution is 2.32. The molecular formula is C22H22BNO4. The molecule has 0 amide bonds. The zero-order chi connectivity index (χ0) is 19.8. The van der Waals surface area contributed by atoms with Gasteiger partial charge in [-0.2, -0.15) is 0 Å². The van der Waals surface area contributed by atoms with E-state index in [-0.39, 0.29) is 13.1 Å². The highest BCUT2D eigenvalue weighted by molar-refractivity contribution is 6.82. The lowest BCUT2D eigenvalue weighted by atomic mass is 9.70. The van der Waals surface area contributed by atoms with Crippen molar-refractivity contribution in [2.75, 3.05) is 14.2 Å². The van der Waals surface area contributed by atoms with Crippen molar-refractivity contribution >= 4 is 18.6 Å². The summed E-state index contributed by atoms with van der Waals surface area (Å²) < 4.78 is 16.6. The van der Waals surface area contributed by atoms with Crippen molar-refractivity contribution < 1.29 is 19.0 Å². The summed E-state index contributed by atoms with van der Waals surface area (Å²) >= 11 is 0. The second-order valence-electron chi connectivity index (χ2n) is 6.31. The third kappa shape index (κ3) is 5.13. The van der Waals surface area contributed by atoms with Crippen LogP contribution in [0.15, 0.2) is 73.1 Å². The van der Waals surface area contributed by atoms with Crippen molar-refractivity contribution in [1.82, 2.24) is 4.98 Å². The van der Waals surface area contributed by atoms with E-state index in [0.29, 0.717) is 17.9 Å². The Morgan fingerprint density at radius 3 is 2.36 bits per heavy atom. The van der Waals surface area contributed by atoms with Crippen LogP contribution < -0.4 is 14.9 Å². The fraction of sp³-hybridized carbons (Fsp3) is 0.182. The van der Waals surface area contributed by atoms with Gasteiger partial charge in [0.2, 0.25) is 0 Å². The average molecular weight is 375 g/mol. The molecule has 28 heavy (non-hydrogen) atoms. The van der Waals surface area contributed by atoms with E-state index in [1.807, 2.05) is 60.7 Å². The van der Waals surface area contributed by atoms with Crippen LogP contribution in [0.1, 0.15) is 17.2 Å². The van der Waals surface area contributed by atoms with Crippen molar-refractivity contribution in [3.05, 3.63) is 84.2 Å². The summed E-state index contributed by atoms with van der Waals surface area (Å²) in [7, 11) is 3.40. The van der Waals surface area contributed by atoms with Crippen molar-refractivity contribution in [1.29, 1.82) is 0 Å². The Morgan fingerprint density at radius 2 is 1.68 bits per heavy atom. The molecule has 0 radical (unpaired) electrons. The van der Waals surface area contributed by atoms with Gasteiger partial charge in [-0.15, -0.1) is 0 Å². The Hall–Kier alpha value is -3.28. The predicted octanol–water partition coefficient (Wildman–Crippen LogP) is 3.28. The minimum atomic E-state index is -0.446. The van der Waals surface area contributed by atoms with Crippen LogP contribution in [0.5, 0.6) is 11.5 Å². The number of rotatable bonds is 8. The molecule has 0 bridgehead atoms. The first-order valence-electron chi connectivity index (χ1n) is 9.04. The van der Waals surface area contributed by atoms with Crippen LogP contribution in [0.25, 0.3) is 0 Å². The molecule has 0 aliphatic carbocycles. The van der Waals surface area contributed by atoms with Crippen molar-refractivity contribution in [2.24, 2.45) is 0 Å². The van der Waals surface area contributed by atoms with E-state index in [0.717, 1.165) is 16.6 Å². The highest BCUT2D eigenvalue weighted by Gasteiger charge is 2.20. The quantitative estimate of drug-likeness (QED) is 0.566. The van der Waals surface area contributed by atoms with E-state index in [9.17, 15) is 4.79 Å². The van der Waals surface area contributed by atoms with Gasteiger partial charge in [-0.25, -0.2) is 0 Å². The van der Waals surface area contributed by atoms with Crippen LogP contribution in [0.4, 0.5) is 4.79 Å². The summed E-state index contributed by atoms with van der Waals surface area (Å²) in [6.45, 7) is 0. The monoisotopic (exact) mass is 375 g/mol. The van der Waals surface area contributed by atoms with E-state index in [1.54, 1.807) is 26.6 Å². The molecule has 0 fully saturated rings. The minimum Gasteiger partial charge on any atom is -0.493 e. The molecule has 3 rings (SSSR count). The molecule has 1 heterocycles. The summed E-state index contributed by atoms with van der Waals surface area (Å²) in [5, 5.41) is 0. The highest BCUT2D eigenvalue weighted by atomic mass is 16.5. The number of carbonyl (C=O) groups is 1. The van der Waals surface area contributed by atoms with Gasteiger partial charge in [-0.3, -0.25) is 9.78 Å². The number of pyridine rings is 1. The van der Waals surface area contributed by atoms with Gasteiger partial charge in [0.1, 0.15) is 6.10 Å². The molecule has 3 aromatic rings. The second kappa shape index (κ2) is 9.60. The lowest BCUT2D eigenvalue weighted by Crippen LogP contribution is -2.26. The average Bonchev–Trinajstić information content (AvgIpc) is 2.74. The fourth-order valence-electron chi connectivity index (χ4n) is 2.98. The summed E-state index contributed by atoms with van der Waals surface area (Å²) in [5.41, 5.74) is 2.79. The maximum Gasteiger partial charge on any atom is 0.293 e. The molecule has 5 nitrogen and oxygen atoms in total. The van der Waals surface area contributed by atoms with Crippen molar-refractivity contribution in [2.45, 2.75) is 12.5 Å². The van der Waals surface area contributed by atoms with Crippen LogP contribution >= 0.6 is 0 Å². The maximum absolute atomic E-state index is 12.6. The second-order valence-corrected chi connectivity index (χ2v) is 6.31. The zero-order valence-electron chi connectivity index (χ0n) is 16.0. The summed E-state index contributed by atoms with van der Waals surface area (Å²) in [6, 6.07) is 19.0. The molecule has 142 valence electrons. The largest absolute Gasteiger partial charge is 0.493 e. The summed E-state index contributed by atoms with van der Waals surface area (Å²) in [5.74, 6) is 0.948. The van der Waals surface area contributed by atoms with Gasteiger partial charge in [0.25, 0.3) is 13.1 Å². The lowest BCUT2D eigenvalue weighted by molar-refractivity contribution is 0.121. The van der Waals surface area contributed by atoms with Crippen LogP contribution in [-0.2, 0) is 11.2 Å². The van der Waals surface area contributed by atoms with E-state index >= 15 is 0 Å². The molecule has 1 aromatic heterocycles. The Labute approximate surface area is 165 Å². The molecule has 0 aliphatic heterocycles. The summed E-state index contributed by atoms with van der Waals surface area (Å²) in [6.07, 6.45) is 3.55. The van der Waals surface area contributed by atoms with Gasteiger partial charge in [-0.05, 0) is 35.4 Å². The Morgan fingerprint density at radius 1 is 0.964 bits per heavy atom. The van der Waals surface area contributed by atoms with Gasteiger partial charge in [-0.1, -0.05) is 41.9 Å². The number of nitrogens with zero attached hydrogens (tertiary/aromatic N) is 1. The van der Waals surface area contributed by atoms with Gasteiger partial charge in [0.05, 0.1) is 14.2 Å². The molecule has 6 heteroatoms. The minimum absolute atomic E-state index is 0.223. The van der Waals surface area contributed by atoms with Gasteiger partial charge < -0.3 is 14.2 Å². The first-order chi connectivity index (χ1) is 13.7. The molecule has 1 unspecified atom stereocenters. The molecule has 0 N–H and O–H groups in total. The third-order valence-corrected chi connectivity index (χ3v) is 4.41. The standard InChI is InChI=1S/C22H22BNO4/c1-26-19-9-8-17(15-21(19)27-2)20(14-16-10-12-24-13-11-16)28-22(25)23-18-6-4-3-5-7-18/h3-13,15,20,23H,14H2,1-2H3. The van der Waals surface area contributed by atoms with Gasteiger partial charge in [0, 0.05) is 18.8 Å². The van der Waals surface area contributed by atoms with E-state index in [1.165, 1.54) is 0 Å². The topological polar surface area (TPSA) is 57.7 Å². The Bertz CT molecular complexity index is 903. The first-order valence-corrected chi connectivity index (χ1v) is 9.04. The number of hydrogen-bond donors (Lipinski definition) is 0. The number of aromatic nitrogens is 1. The lowest BCUT2D eigenvalue weighted by Gasteiger charge is -2.20. The predicted molar refractivity (Wildman–Crippen MR) is 110 cm³/mol. The van der Waals surface area contributed by atoms with Crippen LogP contribution in [-0.4, -0.2) is 32.4 Å². The molecule has 2 aromatic carbocycles. The van der Waals surface area contributed by atoms with E-state index in [2.05, 4.69) is 4.98 Å². The van der Waals surface area contributed by atoms with Gasteiger partial charge in [0.15, 0.2) is 11.5 Å². The molecule has 0 spiro atoms. The molecule has 0 aliphatic rings. The zero-order valence-corrected chi connectivity index (χ0v) is 16.0. The van der Waals surface area contributed by atoms with Crippen molar-refractivity contribution in [3.63, 3.8) is 0 Å². The SMILES string of the molecule is COc1ccc(C(Cc2ccncc2)OC(=O)Bc2ccccc2)cc1OC. The first kappa shape index (κ1) is 19.5. The van der Waals surface area contributed by atoms with E-state index < -0.39 is 6.10 Å². The number of ether oxygens (including phenoxy) is 3. The summed E-state index contributed by atoms with van der Waals surface area (Å²) in [4.78, 5) is 16.6. The van der Waals surface area contributed by atoms with Gasteiger partial charge >= 0.3 is 0 Å². The normalized spacial score (nSPS) is 11.4. The molecule has 1 atom stereocenters. The maximum atomic E-state index is 12.6. The number of carbonyl (C=O) groups excluding carboxylic acids is 1. The molecular weight excluding hydrogens is 353 g/mol. The smallest absolute Gasteiger partial charge is 0.293 e.